The summed E-state index contributed by atoms with van der Waals surface area (Å²) in [7, 11) is 1.67. The van der Waals surface area contributed by atoms with E-state index in [1.54, 1.807) is 31.6 Å². The lowest BCUT2D eigenvalue weighted by atomic mass is 10.2. The molecule has 0 radical (unpaired) electrons. The molecular formula is C13H14N4O. The highest BCUT2D eigenvalue weighted by Crippen LogP contribution is 2.21. The Labute approximate surface area is 105 Å². The summed E-state index contributed by atoms with van der Waals surface area (Å²) >= 11 is 0. The van der Waals surface area contributed by atoms with Gasteiger partial charge in [0.2, 0.25) is 0 Å². The molecule has 0 unspecified atom stereocenters. The summed E-state index contributed by atoms with van der Waals surface area (Å²) in [5.74, 6) is -0.189. The van der Waals surface area contributed by atoms with Crippen molar-refractivity contribution in [2.75, 3.05) is 17.7 Å². The van der Waals surface area contributed by atoms with Crippen LogP contribution in [0.2, 0.25) is 0 Å². The molecule has 1 amide bonds. The van der Waals surface area contributed by atoms with Gasteiger partial charge >= 0.3 is 0 Å². The van der Waals surface area contributed by atoms with E-state index in [4.69, 9.17) is 5.73 Å². The van der Waals surface area contributed by atoms with Gasteiger partial charge in [0.1, 0.15) is 5.69 Å². The minimum absolute atomic E-state index is 0.189. The SMILES string of the molecule is Cc1cccnc1C(=O)N(C)c1ccncc1N. The number of aryl methyl sites for hydroxylation is 1. The van der Waals surface area contributed by atoms with Gasteiger partial charge in [-0.1, -0.05) is 6.07 Å². The van der Waals surface area contributed by atoms with E-state index in [2.05, 4.69) is 9.97 Å². The molecule has 2 rings (SSSR count). The Morgan fingerprint density at radius 1 is 1.33 bits per heavy atom. The number of rotatable bonds is 2. The molecule has 0 saturated heterocycles. The predicted octanol–water partition coefficient (Wildman–Crippen LogP) is 1.64. The van der Waals surface area contributed by atoms with Crippen molar-refractivity contribution in [3.63, 3.8) is 0 Å². The number of amides is 1. The largest absolute Gasteiger partial charge is 0.396 e. The first kappa shape index (κ1) is 12.0. The number of anilines is 2. The van der Waals surface area contributed by atoms with Gasteiger partial charge in [0.15, 0.2) is 0 Å². The summed E-state index contributed by atoms with van der Waals surface area (Å²) in [5, 5.41) is 0. The number of nitrogens with zero attached hydrogens (tertiary/aromatic N) is 3. The van der Waals surface area contributed by atoms with Gasteiger partial charge in [0, 0.05) is 19.4 Å². The smallest absolute Gasteiger partial charge is 0.276 e. The maximum absolute atomic E-state index is 12.3. The lowest BCUT2D eigenvalue weighted by molar-refractivity contribution is 0.0987. The molecule has 92 valence electrons. The number of nitrogen functional groups attached to an aromatic ring is 1. The molecule has 5 nitrogen and oxygen atoms in total. The van der Waals surface area contributed by atoms with Crippen molar-refractivity contribution >= 4 is 17.3 Å². The minimum Gasteiger partial charge on any atom is -0.396 e. The Bertz CT molecular complexity index is 583. The molecule has 0 aliphatic carbocycles. The second-order valence-corrected chi connectivity index (χ2v) is 3.97. The quantitative estimate of drug-likeness (QED) is 0.869. The molecule has 0 saturated carbocycles. The molecule has 2 N–H and O–H groups in total. The van der Waals surface area contributed by atoms with E-state index in [0.717, 1.165) is 5.56 Å². The highest BCUT2D eigenvalue weighted by atomic mass is 16.2. The van der Waals surface area contributed by atoms with Gasteiger partial charge in [-0.05, 0) is 24.6 Å². The first-order valence-electron chi connectivity index (χ1n) is 5.50. The van der Waals surface area contributed by atoms with E-state index in [1.807, 2.05) is 13.0 Å². The van der Waals surface area contributed by atoms with Crippen LogP contribution < -0.4 is 10.6 Å². The lowest BCUT2D eigenvalue weighted by Gasteiger charge is -2.19. The van der Waals surface area contributed by atoms with Crippen LogP contribution >= 0.6 is 0 Å². The number of hydrogen-bond acceptors (Lipinski definition) is 4. The van der Waals surface area contributed by atoms with E-state index in [9.17, 15) is 4.79 Å². The zero-order valence-electron chi connectivity index (χ0n) is 10.3. The molecule has 5 heteroatoms. The monoisotopic (exact) mass is 242 g/mol. The van der Waals surface area contributed by atoms with Crippen LogP contribution in [0.5, 0.6) is 0 Å². The van der Waals surface area contributed by atoms with Gasteiger partial charge < -0.3 is 10.6 Å². The summed E-state index contributed by atoms with van der Waals surface area (Å²) in [4.78, 5) is 21.8. The maximum Gasteiger partial charge on any atom is 0.276 e. The maximum atomic E-state index is 12.3. The molecular weight excluding hydrogens is 228 g/mol. The normalized spacial score (nSPS) is 10.1. The Morgan fingerprint density at radius 3 is 2.78 bits per heavy atom. The molecule has 2 aromatic heterocycles. The lowest BCUT2D eigenvalue weighted by Crippen LogP contribution is -2.28. The molecule has 0 spiro atoms. The summed E-state index contributed by atoms with van der Waals surface area (Å²) in [6.07, 6.45) is 4.72. The van der Waals surface area contributed by atoms with Crippen molar-refractivity contribution in [2.45, 2.75) is 6.92 Å². The third kappa shape index (κ3) is 2.15. The summed E-state index contributed by atoms with van der Waals surface area (Å²) in [6, 6.07) is 5.35. The summed E-state index contributed by atoms with van der Waals surface area (Å²) < 4.78 is 0. The van der Waals surface area contributed by atoms with Gasteiger partial charge in [0.25, 0.3) is 5.91 Å². The highest BCUT2D eigenvalue weighted by Gasteiger charge is 2.18. The molecule has 0 aromatic carbocycles. The van der Waals surface area contributed by atoms with Crippen LogP contribution in [-0.2, 0) is 0 Å². The summed E-state index contributed by atoms with van der Waals surface area (Å²) in [6.45, 7) is 1.85. The van der Waals surface area contributed by atoms with Crippen LogP contribution in [0.3, 0.4) is 0 Å². The van der Waals surface area contributed by atoms with Crippen LogP contribution in [0.1, 0.15) is 16.1 Å². The standard InChI is InChI=1S/C13H14N4O/c1-9-4-3-6-16-12(9)13(18)17(2)11-5-7-15-8-10(11)14/h3-8H,14H2,1-2H3. The van der Waals surface area contributed by atoms with Crippen molar-refractivity contribution in [3.05, 3.63) is 48.0 Å². The first-order valence-corrected chi connectivity index (χ1v) is 5.50. The van der Waals surface area contributed by atoms with Crippen molar-refractivity contribution in [1.82, 2.24) is 9.97 Å². The van der Waals surface area contributed by atoms with Crippen molar-refractivity contribution in [2.24, 2.45) is 0 Å². The molecule has 18 heavy (non-hydrogen) atoms. The van der Waals surface area contributed by atoms with E-state index in [-0.39, 0.29) is 5.91 Å². The molecule has 0 aliphatic rings. The predicted molar refractivity (Wildman–Crippen MR) is 70.4 cm³/mol. The van der Waals surface area contributed by atoms with Crippen LogP contribution in [0.25, 0.3) is 0 Å². The topological polar surface area (TPSA) is 72.1 Å². The van der Waals surface area contributed by atoms with Gasteiger partial charge in [0.05, 0.1) is 17.6 Å². The Kier molecular flexibility index (Phi) is 3.23. The fourth-order valence-corrected chi connectivity index (χ4v) is 1.68. The van der Waals surface area contributed by atoms with Crippen molar-refractivity contribution in [1.29, 1.82) is 0 Å². The van der Waals surface area contributed by atoms with Crippen LogP contribution in [0.15, 0.2) is 36.8 Å². The molecule has 0 atom stereocenters. The van der Waals surface area contributed by atoms with Gasteiger partial charge in [-0.15, -0.1) is 0 Å². The van der Waals surface area contributed by atoms with Crippen LogP contribution in [-0.4, -0.2) is 22.9 Å². The number of carbonyl (C=O) groups excluding carboxylic acids is 1. The number of pyridine rings is 2. The first-order chi connectivity index (χ1) is 8.61. The highest BCUT2D eigenvalue weighted by molar-refractivity contribution is 6.06. The van der Waals surface area contributed by atoms with Gasteiger partial charge in [-0.2, -0.15) is 0 Å². The van der Waals surface area contributed by atoms with Crippen molar-refractivity contribution < 1.29 is 4.79 Å². The molecule has 0 bridgehead atoms. The molecule has 0 aliphatic heterocycles. The molecule has 0 fully saturated rings. The van der Waals surface area contributed by atoms with Gasteiger partial charge in [-0.3, -0.25) is 14.8 Å². The number of hydrogen-bond donors (Lipinski definition) is 1. The van der Waals surface area contributed by atoms with E-state index >= 15 is 0 Å². The Hall–Kier alpha value is -2.43. The third-order valence-corrected chi connectivity index (χ3v) is 2.71. The zero-order chi connectivity index (χ0) is 13.1. The molecule has 2 heterocycles. The number of nitrogens with two attached hydrogens (primary N) is 1. The zero-order valence-corrected chi connectivity index (χ0v) is 10.3. The Balaban J connectivity index is 2.36. The fraction of sp³-hybridized carbons (Fsp3) is 0.154. The van der Waals surface area contributed by atoms with Crippen molar-refractivity contribution in [3.8, 4) is 0 Å². The van der Waals surface area contributed by atoms with Crippen LogP contribution in [0.4, 0.5) is 11.4 Å². The average molecular weight is 242 g/mol. The number of aromatic nitrogens is 2. The van der Waals surface area contributed by atoms with Crippen LogP contribution in [0, 0.1) is 6.92 Å². The van der Waals surface area contributed by atoms with Gasteiger partial charge in [-0.25, -0.2) is 0 Å². The average Bonchev–Trinajstić information content (AvgIpc) is 2.38. The third-order valence-electron chi connectivity index (χ3n) is 2.71. The molecule has 2 aromatic rings. The number of carbonyl (C=O) groups is 1. The second-order valence-electron chi connectivity index (χ2n) is 3.97. The Morgan fingerprint density at radius 2 is 2.11 bits per heavy atom. The van der Waals surface area contributed by atoms with E-state index in [0.29, 0.717) is 17.1 Å². The van der Waals surface area contributed by atoms with E-state index in [1.165, 1.54) is 11.1 Å². The summed E-state index contributed by atoms with van der Waals surface area (Å²) in [5.41, 5.74) is 8.15. The van der Waals surface area contributed by atoms with E-state index < -0.39 is 0 Å². The fourth-order valence-electron chi connectivity index (χ4n) is 1.68. The second kappa shape index (κ2) is 4.83. The minimum atomic E-state index is -0.189.